The molecule has 0 heterocycles. The van der Waals surface area contributed by atoms with Gasteiger partial charge in [-0.15, -0.1) is 0 Å². The molecule has 0 aliphatic heterocycles. The van der Waals surface area contributed by atoms with E-state index in [9.17, 15) is 9.13 Å². The summed E-state index contributed by atoms with van der Waals surface area (Å²) in [5.41, 5.74) is 0. The molecular weight excluding hydrogens is 254 g/mol. The molecule has 0 amide bonds. The summed E-state index contributed by atoms with van der Waals surface area (Å²) in [5, 5.41) is 0. The van der Waals surface area contributed by atoms with Crippen molar-refractivity contribution in [3.63, 3.8) is 0 Å². The predicted octanol–water partition coefficient (Wildman–Crippen LogP) is -0.898. The zero-order chi connectivity index (χ0) is 7.71. The van der Waals surface area contributed by atoms with E-state index in [-0.39, 0.29) is 84.0 Å². The van der Waals surface area contributed by atoms with Gasteiger partial charge >= 0.3 is 96.8 Å². The monoisotopic (exact) mass is 264 g/mol. The molecule has 0 spiro atoms. The summed E-state index contributed by atoms with van der Waals surface area (Å²) in [5.74, 6) is 0. The molecule has 0 rings (SSSR count). The number of hydrogen-bond donors (Lipinski definition) is 4. The Bertz CT molecular complexity index is 171. The molecule has 7 nitrogen and oxygen atoms in total. The molecule has 0 aliphatic carbocycles. The molecule has 0 saturated heterocycles. The molecule has 0 aromatic heterocycles. The van der Waals surface area contributed by atoms with Crippen molar-refractivity contribution in [1.82, 2.24) is 0 Å². The first kappa shape index (κ1) is 19.4. The van der Waals surface area contributed by atoms with Crippen molar-refractivity contribution in [3.05, 3.63) is 0 Å². The van der Waals surface area contributed by atoms with Crippen LogP contribution in [0.4, 0.5) is 0 Å². The van der Waals surface area contributed by atoms with Gasteiger partial charge in [0.25, 0.3) is 0 Å². The van der Waals surface area contributed by atoms with E-state index < -0.39 is 15.6 Å². The van der Waals surface area contributed by atoms with Crippen molar-refractivity contribution in [1.29, 1.82) is 0 Å². The molecule has 0 aromatic rings. The molecule has 0 unspecified atom stereocenters. The molecule has 0 radical (unpaired) electrons. The standard InChI is InChI=1S/2Ca.H4O7P2.2H/c;;1-8(2,3)7-9(4,5)6;;/h;;(H2,1,2,3)(H2,4,5,6);;/q2*+2;;2*-1/p+4. The Morgan fingerprint density at radius 2 is 1.18 bits per heavy atom. The maximum atomic E-state index is 9.63. The normalized spacial score (nSPS) is 11.3. The van der Waals surface area contributed by atoms with E-state index >= 15 is 0 Å². The van der Waals surface area contributed by atoms with Gasteiger partial charge in [-0.2, -0.15) is 4.31 Å². The average Bonchev–Trinajstić information content (AvgIpc) is 1.14. The van der Waals surface area contributed by atoms with Crippen LogP contribution in [0.15, 0.2) is 0 Å². The summed E-state index contributed by atoms with van der Waals surface area (Å²) in [4.78, 5) is 31.0. The van der Waals surface area contributed by atoms with Gasteiger partial charge < -0.3 is 22.4 Å². The van der Waals surface area contributed by atoms with E-state index in [0.29, 0.717) is 0 Å². The van der Waals surface area contributed by atoms with E-state index in [4.69, 9.17) is 19.6 Å². The molecule has 0 aromatic carbocycles. The summed E-state index contributed by atoms with van der Waals surface area (Å²) < 4.78 is 22.2. The van der Waals surface area contributed by atoms with E-state index in [1.807, 2.05) is 0 Å². The van der Waals surface area contributed by atoms with Crippen LogP contribution >= 0.6 is 15.6 Å². The zero-order valence-electron chi connectivity index (χ0n) is 11.3. The van der Waals surface area contributed by atoms with Crippen molar-refractivity contribution >= 4 is 91.1 Å². The minimum atomic E-state index is -5.05. The Morgan fingerprint density at radius 3 is 1.18 bits per heavy atom. The molecule has 60 valence electrons. The van der Waals surface area contributed by atoms with Crippen LogP contribution in [-0.4, -0.2) is 95.1 Å². The predicted molar refractivity (Wildman–Crippen MR) is 43.4 cm³/mol. The van der Waals surface area contributed by atoms with Gasteiger partial charge in [-0.05, 0) is 0 Å². The van der Waals surface area contributed by atoms with E-state index in [1.54, 1.807) is 0 Å². The fourth-order valence-electron chi connectivity index (χ4n) is 0.139. The van der Waals surface area contributed by atoms with Crippen LogP contribution in [0.3, 0.4) is 0 Å². The largest absolute Gasteiger partial charge is 2.00 e. The molecule has 0 atom stereocenters. The molecule has 0 aliphatic rings. The van der Waals surface area contributed by atoms with Gasteiger partial charge in [-0.3, -0.25) is 0 Å². The molecular formula is H10Ca2O7P2+6. The summed E-state index contributed by atoms with van der Waals surface area (Å²) in [6.45, 7) is 0. The van der Waals surface area contributed by atoms with E-state index in [2.05, 4.69) is 4.31 Å². The van der Waals surface area contributed by atoms with Gasteiger partial charge in [0, 0.05) is 0 Å². The van der Waals surface area contributed by atoms with Crippen LogP contribution in [0, 0.1) is 0 Å². The zero-order valence-corrected chi connectivity index (χ0v) is 11.5. The van der Waals surface area contributed by atoms with E-state index in [1.165, 1.54) is 0 Å². The maximum absolute atomic E-state index is 9.63. The maximum Gasteiger partial charge on any atom is 2.00 e. The van der Waals surface area contributed by atoms with Crippen LogP contribution in [0.2, 0.25) is 0 Å². The third-order valence-electron chi connectivity index (χ3n) is 0.213. The van der Waals surface area contributed by atoms with Gasteiger partial charge in [0.15, 0.2) is 0 Å². The fraction of sp³-hybridized carbons (Fsp3) is 0. The summed E-state index contributed by atoms with van der Waals surface area (Å²) in [6.07, 6.45) is 0. The van der Waals surface area contributed by atoms with Crippen LogP contribution in [0.5, 0.6) is 0 Å². The second-order valence-electron chi connectivity index (χ2n) is 1.06. The first-order valence-electron chi connectivity index (χ1n) is 1.53. The third-order valence-corrected chi connectivity index (χ3v) is 1.91. The smallest absolute Gasteiger partial charge is 1.00 e. The molecule has 0 saturated carbocycles. The minimum absolute atomic E-state index is 0. The average molecular weight is 264 g/mol. The summed E-state index contributed by atoms with van der Waals surface area (Å²) >= 11 is 0. The van der Waals surface area contributed by atoms with Crippen LogP contribution in [0.1, 0.15) is 8.56 Å². The van der Waals surface area contributed by atoms with Crippen LogP contribution < -0.4 is 0 Å². The van der Waals surface area contributed by atoms with Gasteiger partial charge in [0.1, 0.15) is 0 Å². The molecule has 0 fully saturated rings. The van der Waals surface area contributed by atoms with Crippen molar-refractivity contribution in [2.24, 2.45) is 0 Å². The Morgan fingerprint density at radius 1 is 1.00 bits per heavy atom. The van der Waals surface area contributed by atoms with Gasteiger partial charge in [0.2, 0.25) is 0 Å². The van der Waals surface area contributed by atoms with Gasteiger partial charge in [-0.1, -0.05) is 0 Å². The number of phosphoric acid groups is 2. The van der Waals surface area contributed by atoms with Crippen molar-refractivity contribution in [2.75, 3.05) is 0 Å². The van der Waals surface area contributed by atoms with Crippen molar-refractivity contribution in [2.45, 2.75) is 0 Å². The second kappa shape index (κ2) is 7.12. The Balaban J connectivity index is -0.0000000114. The van der Waals surface area contributed by atoms with Crippen LogP contribution in [-0.2, 0) is 13.4 Å². The number of rotatable bonds is 2. The number of hydrogen-bond acceptors (Lipinski definition) is 3. The molecule has 11 heavy (non-hydrogen) atoms. The minimum Gasteiger partial charge on any atom is -1.00 e. The first-order chi connectivity index (χ1) is 3.71. The first-order valence-corrected chi connectivity index (χ1v) is 4.59. The second-order valence-corrected chi connectivity index (χ2v) is 3.68. The molecule has 0 bridgehead atoms. The van der Waals surface area contributed by atoms with Gasteiger partial charge in [-0.25, -0.2) is 9.13 Å². The van der Waals surface area contributed by atoms with Gasteiger partial charge in [0.05, 0.1) is 0 Å². The Kier molecular flexibility index (Phi) is 12.5. The summed E-state index contributed by atoms with van der Waals surface area (Å²) in [7, 11) is -10.1. The molecule has 11 heteroatoms. The fourth-order valence-corrected chi connectivity index (χ4v) is 1.25. The Labute approximate surface area is 131 Å². The van der Waals surface area contributed by atoms with Crippen molar-refractivity contribution in [3.8, 4) is 0 Å². The molecule has 4 N–H and O–H groups in total. The van der Waals surface area contributed by atoms with Crippen molar-refractivity contribution < 1.29 is 41.6 Å². The topological polar surface area (TPSA) is 124 Å². The summed E-state index contributed by atoms with van der Waals surface area (Å²) in [6, 6.07) is 0. The quantitative estimate of drug-likeness (QED) is 0.376. The van der Waals surface area contributed by atoms with E-state index in [0.717, 1.165) is 0 Å². The third kappa shape index (κ3) is 19.3. The Hall–Kier alpha value is 2.78. The van der Waals surface area contributed by atoms with Crippen LogP contribution in [0.25, 0.3) is 0 Å². The SMILES string of the molecule is O=P(O)(O)OP(=O)(O)O.[Ca+2].[Ca+2].[H+].[H+].[H+].[H+].[H-].[H-].